The van der Waals surface area contributed by atoms with E-state index in [-0.39, 0.29) is 5.91 Å². The molecule has 1 aromatic heterocycles. The lowest BCUT2D eigenvalue weighted by atomic mass is 10.0. The number of benzene rings is 2. The molecule has 4 rings (SSSR count). The number of piperazine rings is 1. The van der Waals surface area contributed by atoms with Gasteiger partial charge in [-0.3, -0.25) is 9.69 Å². The Morgan fingerprint density at radius 2 is 1.69 bits per heavy atom. The van der Waals surface area contributed by atoms with Gasteiger partial charge in [0.05, 0.1) is 11.4 Å². The molecule has 2 aromatic carbocycles. The molecule has 210 valence electrons. The monoisotopic (exact) mass is 553 g/mol. The Bertz CT molecular complexity index is 1300. The summed E-state index contributed by atoms with van der Waals surface area (Å²) < 4.78 is 33.2. The Morgan fingerprint density at radius 1 is 1.00 bits per heavy atom. The topological polar surface area (TPSA) is 99.9 Å². The number of carbonyl (C=O) groups is 1. The quantitative estimate of drug-likeness (QED) is 0.337. The molecule has 0 aliphatic carbocycles. The molecule has 0 radical (unpaired) electrons. The van der Waals surface area contributed by atoms with Crippen LogP contribution in [0.15, 0.2) is 64.0 Å². The van der Waals surface area contributed by atoms with Crippen LogP contribution in [0.3, 0.4) is 0 Å². The van der Waals surface area contributed by atoms with Crippen molar-refractivity contribution in [1.29, 1.82) is 0 Å². The van der Waals surface area contributed by atoms with Gasteiger partial charge in [-0.1, -0.05) is 61.5 Å². The summed E-state index contributed by atoms with van der Waals surface area (Å²) in [5.74, 6) is 1.56. The number of aromatic nitrogens is 2. The Hall–Kier alpha value is -3.08. The summed E-state index contributed by atoms with van der Waals surface area (Å²) >= 11 is 0. The molecule has 2 heterocycles. The van der Waals surface area contributed by atoms with Crippen LogP contribution in [0.4, 0.5) is 0 Å². The number of sulfonamides is 1. The molecule has 0 spiro atoms. The van der Waals surface area contributed by atoms with Crippen molar-refractivity contribution in [2.45, 2.75) is 58.0 Å². The molecule has 1 fully saturated rings. The summed E-state index contributed by atoms with van der Waals surface area (Å²) in [7, 11) is -3.52. The first-order chi connectivity index (χ1) is 18.7. The summed E-state index contributed by atoms with van der Waals surface area (Å²) in [6.45, 7) is 9.93. The standard InChI is InChI=1S/C29H39N5O4S/c1-4-33(21-25-8-6-5-7-9-25)29(35)15-14-28-30-27(31-38-28)22-32-16-18-34(19-17-32)39(36,37)26-12-10-24(11-13-26)20-23(2)3/h5-13,23H,4,14-22H2,1-3H3. The first-order valence-electron chi connectivity index (χ1n) is 13.7. The highest BCUT2D eigenvalue weighted by Crippen LogP contribution is 2.20. The van der Waals surface area contributed by atoms with Gasteiger partial charge in [0.25, 0.3) is 0 Å². The molecule has 10 heteroatoms. The number of nitrogens with zero attached hydrogens (tertiary/aromatic N) is 5. The molecule has 3 aromatic rings. The van der Waals surface area contributed by atoms with Crippen LogP contribution in [-0.4, -0.2) is 71.3 Å². The lowest BCUT2D eigenvalue weighted by Crippen LogP contribution is -2.48. The Labute approximate surface area is 231 Å². The van der Waals surface area contributed by atoms with E-state index in [9.17, 15) is 13.2 Å². The smallest absolute Gasteiger partial charge is 0.243 e. The molecule has 0 bridgehead atoms. The minimum absolute atomic E-state index is 0.0491. The van der Waals surface area contributed by atoms with Crippen LogP contribution in [0.1, 0.15) is 50.0 Å². The normalized spacial score (nSPS) is 15.1. The number of carbonyl (C=O) groups excluding carboxylic acids is 1. The van der Waals surface area contributed by atoms with Crippen molar-refractivity contribution >= 4 is 15.9 Å². The minimum Gasteiger partial charge on any atom is -0.339 e. The maximum atomic E-state index is 13.1. The third kappa shape index (κ3) is 7.97. The molecular formula is C29H39N5O4S. The second-order valence-electron chi connectivity index (χ2n) is 10.4. The second-order valence-corrected chi connectivity index (χ2v) is 12.4. The molecule has 1 aliphatic rings. The van der Waals surface area contributed by atoms with E-state index in [0.717, 1.165) is 17.5 Å². The Kier molecular flexibility index (Phi) is 9.88. The third-order valence-electron chi connectivity index (χ3n) is 6.91. The lowest BCUT2D eigenvalue weighted by Gasteiger charge is -2.33. The molecule has 39 heavy (non-hydrogen) atoms. The van der Waals surface area contributed by atoms with Gasteiger partial charge >= 0.3 is 0 Å². The molecule has 0 atom stereocenters. The third-order valence-corrected chi connectivity index (χ3v) is 8.83. The molecule has 0 unspecified atom stereocenters. The summed E-state index contributed by atoms with van der Waals surface area (Å²) in [5, 5.41) is 4.08. The van der Waals surface area contributed by atoms with E-state index < -0.39 is 10.0 Å². The molecule has 1 amide bonds. The maximum Gasteiger partial charge on any atom is 0.243 e. The van der Waals surface area contributed by atoms with Gasteiger partial charge in [0.15, 0.2) is 5.82 Å². The molecule has 1 aliphatic heterocycles. The van der Waals surface area contributed by atoms with Crippen LogP contribution in [0.25, 0.3) is 0 Å². The van der Waals surface area contributed by atoms with Crippen molar-refractivity contribution in [1.82, 2.24) is 24.2 Å². The number of hydrogen-bond donors (Lipinski definition) is 0. The van der Waals surface area contributed by atoms with Gasteiger partial charge in [-0.2, -0.15) is 9.29 Å². The van der Waals surface area contributed by atoms with Crippen LogP contribution < -0.4 is 0 Å². The maximum absolute atomic E-state index is 13.1. The van der Waals surface area contributed by atoms with Crippen molar-refractivity contribution in [3.8, 4) is 0 Å². The first kappa shape index (κ1) is 28.9. The fourth-order valence-corrected chi connectivity index (χ4v) is 6.18. The predicted octanol–water partition coefficient (Wildman–Crippen LogP) is 3.76. The number of aryl methyl sites for hydroxylation is 1. The van der Waals surface area contributed by atoms with Crippen molar-refractivity contribution in [2.24, 2.45) is 5.92 Å². The Balaban J connectivity index is 1.24. The van der Waals surface area contributed by atoms with Crippen molar-refractivity contribution in [3.63, 3.8) is 0 Å². The van der Waals surface area contributed by atoms with Gasteiger partial charge in [0.1, 0.15) is 0 Å². The molecule has 1 saturated heterocycles. The van der Waals surface area contributed by atoms with E-state index in [1.807, 2.05) is 54.3 Å². The minimum atomic E-state index is -3.52. The lowest BCUT2D eigenvalue weighted by molar-refractivity contribution is -0.131. The van der Waals surface area contributed by atoms with Gasteiger partial charge in [-0.15, -0.1) is 0 Å². The van der Waals surface area contributed by atoms with Crippen molar-refractivity contribution in [2.75, 3.05) is 32.7 Å². The summed E-state index contributed by atoms with van der Waals surface area (Å²) in [6, 6.07) is 17.2. The van der Waals surface area contributed by atoms with Crippen LogP contribution in [-0.2, 0) is 40.7 Å². The molecular weight excluding hydrogens is 514 g/mol. The average Bonchev–Trinajstić information content (AvgIpc) is 3.38. The van der Waals surface area contributed by atoms with E-state index in [1.165, 1.54) is 0 Å². The van der Waals surface area contributed by atoms with Crippen LogP contribution in [0, 0.1) is 5.92 Å². The van der Waals surface area contributed by atoms with E-state index in [2.05, 4.69) is 28.9 Å². The van der Waals surface area contributed by atoms with Gasteiger partial charge in [0, 0.05) is 52.1 Å². The summed E-state index contributed by atoms with van der Waals surface area (Å²) in [5.41, 5.74) is 2.24. The van der Waals surface area contributed by atoms with E-state index >= 15 is 0 Å². The second kappa shape index (κ2) is 13.3. The van der Waals surface area contributed by atoms with Gasteiger partial charge in [-0.25, -0.2) is 8.42 Å². The average molecular weight is 554 g/mol. The zero-order valence-corrected chi connectivity index (χ0v) is 23.9. The predicted molar refractivity (Wildman–Crippen MR) is 149 cm³/mol. The summed E-state index contributed by atoms with van der Waals surface area (Å²) in [4.78, 5) is 21.5. The van der Waals surface area contributed by atoms with Crippen molar-refractivity contribution < 1.29 is 17.7 Å². The molecule has 0 saturated carbocycles. The fraction of sp³-hybridized carbons (Fsp3) is 0.483. The number of amides is 1. The van der Waals surface area contributed by atoms with Gasteiger partial charge in [0.2, 0.25) is 21.8 Å². The highest BCUT2D eigenvalue weighted by molar-refractivity contribution is 7.89. The van der Waals surface area contributed by atoms with Gasteiger partial charge < -0.3 is 9.42 Å². The van der Waals surface area contributed by atoms with E-state index in [1.54, 1.807) is 16.4 Å². The van der Waals surface area contributed by atoms with E-state index in [4.69, 9.17) is 4.52 Å². The van der Waals surface area contributed by atoms with Crippen LogP contribution in [0.2, 0.25) is 0 Å². The Morgan fingerprint density at radius 3 is 2.33 bits per heavy atom. The number of rotatable bonds is 12. The highest BCUT2D eigenvalue weighted by atomic mass is 32.2. The van der Waals surface area contributed by atoms with E-state index in [0.29, 0.717) is 81.2 Å². The van der Waals surface area contributed by atoms with Crippen LogP contribution >= 0.6 is 0 Å². The van der Waals surface area contributed by atoms with Crippen LogP contribution in [0.5, 0.6) is 0 Å². The highest BCUT2D eigenvalue weighted by Gasteiger charge is 2.29. The first-order valence-corrected chi connectivity index (χ1v) is 15.1. The zero-order valence-electron chi connectivity index (χ0n) is 23.1. The van der Waals surface area contributed by atoms with Crippen molar-refractivity contribution in [3.05, 3.63) is 77.4 Å². The largest absolute Gasteiger partial charge is 0.339 e. The van der Waals surface area contributed by atoms with Gasteiger partial charge in [-0.05, 0) is 42.5 Å². The summed E-state index contributed by atoms with van der Waals surface area (Å²) in [6.07, 6.45) is 1.62. The molecule has 9 nitrogen and oxygen atoms in total. The molecule has 0 N–H and O–H groups in total. The fourth-order valence-electron chi connectivity index (χ4n) is 4.75. The number of hydrogen-bond acceptors (Lipinski definition) is 7. The SMILES string of the molecule is CCN(Cc1ccccc1)C(=O)CCc1nc(CN2CCN(S(=O)(=O)c3ccc(CC(C)C)cc3)CC2)no1. The zero-order chi connectivity index (χ0) is 27.8.